The maximum Gasteiger partial charge on any atom is 0.403 e. The highest BCUT2D eigenvalue weighted by atomic mass is 35.5. The summed E-state index contributed by atoms with van der Waals surface area (Å²) in [7, 11) is 4.01. The Morgan fingerprint density at radius 2 is 2.29 bits per heavy atom. The lowest BCUT2D eigenvalue weighted by molar-refractivity contribution is 0.171. The number of hydrogen-bond acceptors (Lipinski definition) is 4. The molecule has 0 bridgehead atoms. The lowest BCUT2D eigenvalue weighted by Gasteiger charge is -2.06. The summed E-state index contributed by atoms with van der Waals surface area (Å²) in [6, 6.07) is 0. The highest BCUT2D eigenvalue weighted by Crippen LogP contribution is 2.39. The monoisotopic (exact) mass is 254 g/mol. The summed E-state index contributed by atoms with van der Waals surface area (Å²) in [6.07, 6.45) is 5.95. The Labute approximate surface area is 97.9 Å². The zero-order valence-corrected chi connectivity index (χ0v) is 10.4. The van der Waals surface area contributed by atoms with Crippen LogP contribution in [0, 0.1) is 0 Å². The number of halogens is 1. The minimum Gasteiger partial charge on any atom is -0.454 e. The van der Waals surface area contributed by atoms with Crippen LogP contribution in [0.2, 0.25) is 0 Å². The molecule has 0 aliphatic carbocycles. The second kappa shape index (κ2) is 7.71. The second-order valence-electron chi connectivity index (χ2n) is 3.26. The van der Waals surface area contributed by atoms with Crippen LogP contribution in [0.25, 0.3) is 0 Å². The fourth-order valence-electron chi connectivity index (χ4n) is 1.37. The normalized spacial score (nSPS) is 21.1. The van der Waals surface area contributed by atoms with E-state index in [4.69, 9.17) is 11.6 Å². The van der Waals surface area contributed by atoms with Crippen LogP contribution < -0.4 is 0 Å². The van der Waals surface area contributed by atoms with E-state index in [0.29, 0.717) is 6.61 Å². The highest BCUT2D eigenvalue weighted by Gasteiger charge is 2.15. The molecule has 1 heterocycles. The molecule has 14 heavy (non-hydrogen) atoms. The van der Waals surface area contributed by atoms with Gasteiger partial charge in [0.2, 0.25) is 0 Å². The molecule has 0 aromatic carbocycles. The predicted molar refractivity (Wildman–Crippen MR) is 64.1 cm³/mol. The summed E-state index contributed by atoms with van der Waals surface area (Å²) in [5.41, 5.74) is -0.687. The smallest absolute Gasteiger partial charge is 0.403 e. The van der Waals surface area contributed by atoms with Crippen LogP contribution >= 0.6 is 33.2 Å². The number of carbonyl (C=O) groups excluding carboxylic acids is 1. The fourth-order valence-corrected chi connectivity index (χ4v) is 4.47. The zero-order valence-electron chi connectivity index (χ0n) is 8.04. The van der Waals surface area contributed by atoms with Crippen molar-refractivity contribution in [2.24, 2.45) is 0 Å². The van der Waals surface area contributed by atoms with E-state index in [0.717, 1.165) is 18.1 Å². The minimum absolute atomic E-state index is 0.467. The van der Waals surface area contributed by atoms with E-state index in [1.807, 2.05) is 21.6 Å². The lowest BCUT2D eigenvalue weighted by Crippen LogP contribution is -1.99. The van der Waals surface area contributed by atoms with Crippen LogP contribution in [-0.2, 0) is 4.74 Å². The van der Waals surface area contributed by atoms with Crippen molar-refractivity contribution in [3.63, 3.8) is 0 Å². The van der Waals surface area contributed by atoms with Crippen molar-refractivity contribution in [1.29, 1.82) is 0 Å². The molecule has 0 unspecified atom stereocenters. The van der Waals surface area contributed by atoms with Crippen LogP contribution in [0.3, 0.4) is 0 Å². The lowest BCUT2D eigenvalue weighted by atomic mass is 10.1. The fraction of sp³-hybridized carbons (Fsp3) is 0.889. The van der Waals surface area contributed by atoms with Crippen LogP contribution in [0.15, 0.2) is 0 Å². The van der Waals surface area contributed by atoms with Gasteiger partial charge in [0.15, 0.2) is 0 Å². The van der Waals surface area contributed by atoms with Gasteiger partial charge in [0, 0.05) is 22.6 Å². The molecule has 0 aromatic heterocycles. The van der Waals surface area contributed by atoms with Gasteiger partial charge in [0.25, 0.3) is 0 Å². The molecule has 1 aliphatic heterocycles. The second-order valence-corrected chi connectivity index (χ2v) is 6.36. The standard InChI is InChI=1S/C9H15ClO2S2/c10-9(11)12-6-3-1-2-4-8-5-7-13-14-8/h8H,1-7H2/t8-/m1/s1. The summed E-state index contributed by atoms with van der Waals surface area (Å²) in [6.45, 7) is 0.467. The summed E-state index contributed by atoms with van der Waals surface area (Å²) in [5, 5.41) is 0.857. The van der Waals surface area contributed by atoms with Gasteiger partial charge < -0.3 is 4.74 Å². The van der Waals surface area contributed by atoms with Crippen LogP contribution in [-0.4, -0.2) is 23.0 Å². The third-order valence-electron chi connectivity index (χ3n) is 2.11. The van der Waals surface area contributed by atoms with Crippen molar-refractivity contribution in [3.05, 3.63) is 0 Å². The summed E-state index contributed by atoms with van der Waals surface area (Å²) in [5.74, 6) is 1.30. The number of hydrogen-bond donors (Lipinski definition) is 0. The van der Waals surface area contributed by atoms with Gasteiger partial charge >= 0.3 is 5.43 Å². The average Bonchev–Trinajstić information content (AvgIpc) is 2.63. The Kier molecular flexibility index (Phi) is 6.90. The summed E-state index contributed by atoms with van der Waals surface area (Å²) < 4.78 is 4.63. The van der Waals surface area contributed by atoms with Crippen LogP contribution in [0.4, 0.5) is 4.79 Å². The Morgan fingerprint density at radius 3 is 2.93 bits per heavy atom. The Hall–Kier alpha value is 0.460. The zero-order chi connectivity index (χ0) is 10.2. The van der Waals surface area contributed by atoms with E-state index in [2.05, 4.69) is 4.74 Å². The van der Waals surface area contributed by atoms with Gasteiger partial charge in [0.1, 0.15) is 0 Å². The van der Waals surface area contributed by atoms with Crippen LogP contribution in [0.5, 0.6) is 0 Å². The van der Waals surface area contributed by atoms with Gasteiger partial charge in [-0.25, -0.2) is 4.79 Å². The number of ether oxygens (including phenoxy) is 1. The molecule has 1 saturated heterocycles. The molecular weight excluding hydrogens is 240 g/mol. The summed E-state index contributed by atoms with van der Waals surface area (Å²) >= 11 is 5.03. The quantitative estimate of drug-likeness (QED) is 0.405. The van der Waals surface area contributed by atoms with Crippen molar-refractivity contribution in [3.8, 4) is 0 Å². The molecule has 0 radical (unpaired) electrons. The molecule has 1 fully saturated rings. The minimum atomic E-state index is -0.687. The van der Waals surface area contributed by atoms with E-state index in [9.17, 15) is 4.79 Å². The van der Waals surface area contributed by atoms with Crippen molar-refractivity contribution in [2.45, 2.75) is 37.4 Å². The van der Waals surface area contributed by atoms with E-state index in [1.54, 1.807) is 0 Å². The highest BCUT2D eigenvalue weighted by molar-refractivity contribution is 8.77. The van der Waals surface area contributed by atoms with E-state index in [1.165, 1.54) is 25.0 Å². The predicted octanol–water partition coefficient (Wildman–Crippen LogP) is 4.08. The molecular formula is C9H15ClO2S2. The molecule has 1 atom stereocenters. The number of unbranched alkanes of at least 4 members (excludes halogenated alkanes) is 2. The van der Waals surface area contributed by atoms with Crippen molar-refractivity contribution >= 4 is 38.6 Å². The molecule has 0 aromatic rings. The molecule has 1 rings (SSSR count). The Balaban J connectivity index is 1.82. The first-order valence-corrected chi connectivity index (χ1v) is 7.65. The molecule has 1 aliphatic rings. The number of carbonyl (C=O) groups is 1. The molecule has 0 amide bonds. The third kappa shape index (κ3) is 6.04. The Morgan fingerprint density at radius 1 is 1.43 bits per heavy atom. The largest absolute Gasteiger partial charge is 0.454 e. The molecule has 82 valence electrons. The first kappa shape index (κ1) is 12.5. The van der Waals surface area contributed by atoms with Crippen molar-refractivity contribution in [1.82, 2.24) is 0 Å². The molecule has 0 N–H and O–H groups in total. The van der Waals surface area contributed by atoms with Gasteiger partial charge in [0.05, 0.1) is 6.61 Å². The molecule has 2 nitrogen and oxygen atoms in total. The summed E-state index contributed by atoms with van der Waals surface area (Å²) in [4.78, 5) is 10.2. The van der Waals surface area contributed by atoms with E-state index in [-0.39, 0.29) is 0 Å². The van der Waals surface area contributed by atoms with E-state index < -0.39 is 5.43 Å². The molecule has 5 heteroatoms. The van der Waals surface area contributed by atoms with Gasteiger partial charge in [-0.2, -0.15) is 0 Å². The van der Waals surface area contributed by atoms with Gasteiger partial charge in [-0.05, 0) is 19.3 Å². The van der Waals surface area contributed by atoms with E-state index >= 15 is 0 Å². The Bertz CT molecular complexity index is 172. The SMILES string of the molecule is O=C(Cl)OCCCCC[C@@H]1CCSS1. The molecule has 0 saturated carbocycles. The molecule has 0 spiro atoms. The first-order chi connectivity index (χ1) is 6.79. The van der Waals surface area contributed by atoms with Crippen molar-refractivity contribution in [2.75, 3.05) is 12.4 Å². The topological polar surface area (TPSA) is 26.3 Å². The third-order valence-corrected chi connectivity index (χ3v) is 5.23. The van der Waals surface area contributed by atoms with Gasteiger partial charge in [-0.15, -0.1) is 0 Å². The van der Waals surface area contributed by atoms with Gasteiger partial charge in [-0.3, -0.25) is 0 Å². The van der Waals surface area contributed by atoms with Gasteiger partial charge in [-0.1, -0.05) is 34.4 Å². The number of rotatable bonds is 6. The van der Waals surface area contributed by atoms with Crippen LogP contribution in [0.1, 0.15) is 32.1 Å². The maximum absolute atomic E-state index is 10.2. The average molecular weight is 255 g/mol. The first-order valence-electron chi connectivity index (χ1n) is 4.89. The maximum atomic E-state index is 10.2. The van der Waals surface area contributed by atoms with Crippen molar-refractivity contribution < 1.29 is 9.53 Å².